The van der Waals surface area contributed by atoms with E-state index in [1.54, 1.807) is 11.3 Å². The molecule has 1 aromatic carbocycles. The highest BCUT2D eigenvalue weighted by atomic mass is 35.5. The van der Waals surface area contributed by atoms with Gasteiger partial charge in [-0.1, -0.05) is 17.7 Å². The predicted octanol–water partition coefficient (Wildman–Crippen LogP) is 4.32. The third-order valence-corrected chi connectivity index (χ3v) is 3.77. The third-order valence-electron chi connectivity index (χ3n) is 2.55. The molecule has 2 nitrogen and oxygen atoms in total. The van der Waals surface area contributed by atoms with E-state index in [0.29, 0.717) is 5.15 Å². The summed E-state index contributed by atoms with van der Waals surface area (Å²) in [7, 11) is 0. The van der Waals surface area contributed by atoms with Crippen molar-refractivity contribution < 1.29 is 0 Å². The molecule has 2 aromatic heterocycles. The summed E-state index contributed by atoms with van der Waals surface area (Å²) >= 11 is 7.39. The second-order valence-electron chi connectivity index (χ2n) is 3.84. The maximum Gasteiger partial charge on any atom is 0.140 e. The van der Waals surface area contributed by atoms with Gasteiger partial charge in [0.05, 0.1) is 5.52 Å². The Morgan fingerprint density at radius 2 is 2.00 bits per heavy atom. The lowest BCUT2D eigenvalue weighted by atomic mass is 10.1. The lowest BCUT2D eigenvalue weighted by molar-refractivity contribution is 1.26. The molecule has 3 rings (SSSR count). The number of halogens is 1. The van der Waals surface area contributed by atoms with Crippen LogP contribution in [-0.2, 0) is 0 Å². The number of benzene rings is 1. The van der Waals surface area contributed by atoms with Crippen molar-refractivity contribution in [2.75, 3.05) is 0 Å². The Morgan fingerprint density at radius 3 is 2.76 bits per heavy atom. The van der Waals surface area contributed by atoms with Crippen molar-refractivity contribution in [3.63, 3.8) is 0 Å². The number of rotatable bonds is 1. The summed E-state index contributed by atoms with van der Waals surface area (Å²) < 4.78 is 0. The molecule has 2 heterocycles. The Labute approximate surface area is 108 Å². The molecule has 0 spiro atoms. The third kappa shape index (κ3) is 2.04. The van der Waals surface area contributed by atoms with Crippen LogP contribution in [0.3, 0.4) is 0 Å². The van der Waals surface area contributed by atoms with E-state index in [9.17, 15) is 0 Å². The monoisotopic (exact) mass is 260 g/mol. The molecular formula is C13H9ClN2S. The summed E-state index contributed by atoms with van der Waals surface area (Å²) in [4.78, 5) is 8.74. The van der Waals surface area contributed by atoms with E-state index >= 15 is 0 Å². The largest absolute Gasteiger partial charge is 0.253 e. The van der Waals surface area contributed by atoms with Crippen LogP contribution in [0.5, 0.6) is 0 Å². The zero-order chi connectivity index (χ0) is 11.8. The SMILES string of the molecule is Cc1ccc2cc(-c3nc(Cl)cs3)ccc2n1. The van der Waals surface area contributed by atoms with Crippen LogP contribution >= 0.6 is 22.9 Å². The second kappa shape index (κ2) is 4.09. The molecule has 84 valence electrons. The summed E-state index contributed by atoms with van der Waals surface area (Å²) in [5.74, 6) is 0. The van der Waals surface area contributed by atoms with Crippen molar-refractivity contribution in [3.05, 3.63) is 46.6 Å². The molecule has 0 N–H and O–H groups in total. The minimum Gasteiger partial charge on any atom is -0.253 e. The van der Waals surface area contributed by atoms with Crippen molar-refractivity contribution in [1.29, 1.82) is 0 Å². The number of thiazole rings is 1. The Kier molecular flexibility index (Phi) is 2.57. The quantitative estimate of drug-likeness (QED) is 0.651. The van der Waals surface area contributed by atoms with Gasteiger partial charge in [-0.25, -0.2) is 4.98 Å². The van der Waals surface area contributed by atoms with Gasteiger partial charge in [0.1, 0.15) is 10.2 Å². The van der Waals surface area contributed by atoms with Gasteiger partial charge in [-0.3, -0.25) is 4.98 Å². The second-order valence-corrected chi connectivity index (χ2v) is 5.08. The molecule has 0 saturated heterocycles. The van der Waals surface area contributed by atoms with E-state index in [1.165, 1.54) is 0 Å². The molecule has 0 saturated carbocycles. The highest BCUT2D eigenvalue weighted by Gasteiger charge is 2.04. The number of aromatic nitrogens is 2. The number of pyridine rings is 1. The molecule has 0 aliphatic rings. The fraction of sp³-hybridized carbons (Fsp3) is 0.0769. The van der Waals surface area contributed by atoms with Crippen molar-refractivity contribution in [2.24, 2.45) is 0 Å². The summed E-state index contributed by atoms with van der Waals surface area (Å²) in [6, 6.07) is 10.2. The number of hydrogen-bond donors (Lipinski definition) is 0. The summed E-state index contributed by atoms with van der Waals surface area (Å²) in [6.07, 6.45) is 0. The Bertz CT molecular complexity index is 691. The molecule has 0 unspecified atom stereocenters. The fourth-order valence-corrected chi connectivity index (χ4v) is 2.69. The van der Waals surface area contributed by atoms with E-state index in [-0.39, 0.29) is 0 Å². The highest BCUT2D eigenvalue weighted by molar-refractivity contribution is 7.13. The standard InChI is InChI=1S/C13H9ClN2S/c1-8-2-3-9-6-10(4-5-11(9)15-8)13-16-12(14)7-17-13/h2-7H,1H3. The smallest absolute Gasteiger partial charge is 0.140 e. The van der Waals surface area contributed by atoms with Gasteiger partial charge in [0.15, 0.2) is 0 Å². The van der Waals surface area contributed by atoms with Gasteiger partial charge in [-0.05, 0) is 31.2 Å². The lowest BCUT2D eigenvalue weighted by Crippen LogP contribution is -1.84. The maximum absolute atomic E-state index is 5.84. The van der Waals surface area contributed by atoms with Gasteiger partial charge in [0.25, 0.3) is 0 Å². The van der Waals surface area contributed by atoms with Gasteiger partial charge in [-0.2, -0.15) is 0 Å². The fourth-order valence-electron chi connectivity index (χ4n) is 1.75. The van der Waals surface area contributed by atoms with E-state index in [0.717, 1.165) is 27.2 Å². The van der Waals surface area contributed by atoms with Crippen LogP contribution in [0.25, 0.3) is 21.5 Å². The minimum absolute atomic E-state index is 0.548. The van der Waals surface area contributed by atoms with Crippen LogP contribution in [-0.4, -0.2) is 9.97 Å². The summed E-state index contributed by atoms with van der Waals surface area (Å²) in [5, 5.41) is 4.46. The highest BCUT2D eigenvalue weighted by Crippen LogP contribution is 2.28. The van der Waals surface area contributed by atoms with Crippen LogP contribution in [0.2, 0.25) is 5.15 Å². The van der Waals surface area contributed by atoms with Crippen LogP contribution < -0.4 is 0 Å². The van der Waals surface area contributed by atoms with E-state index in [4.69, 9.17) is 11.6 Å². The van der Waals surface area contributed by atoms with Crippen molar-refractivity contribution in [3.8, 4) is 10.6 Å². The Hall–Kier alpha value is -1.45. The van der Waals surface area contributed by atoms with E-state index in [1.807, 2.05) is 30.5 Å². The van der Waals surface area contributed by atoms with E-state index in [2.05, 4.69) is 22.1 Å². The average molecular weight is 261 g/mol. The molecule has 0 atom stereocenters. The van der Waals surface area contributed by atoms with Crippen molar-refractivity contribution >= 4 is 33.8 Å². The van der Waals surface area contributed by atoms with Gasteiger partial charge < -0.3 is 0 Å². The maximum atomic E-state index is 5.84. The van der Waals surface area contributed by atoms with Gasteiger partial charge >= 0.3 is 0 Å². The summed E-state index contributed by atoms with van der Waals surface area (Å²) in [6.45, 7) is 1.99. The average Bonchev–Trinajstić information content (AvgIpc) is 2.75. The normalized spacial score (nSPS) is 10.9. The zero-order valence-corrected chi connectivity index (χ0v) is 10.7. The molecule has 3 aromatic rings. The van der Waals surface area contributed by atoms with Crippen molar-refractivity contribution in [2.45, 2.75) is 6.92 Å². The minimum atomic E-state index is 0.548. The molecule has 0 bridgehead atoms. The molecule has 0 aliphatic heterocycles. The first-order valence-electron chi connectivity index (χ1n) is 5.21. The van der Waals surface area contributed by atoms with E-state index < -0.39 is 0 Å². The van der Waals surface area contributed by atoms with Gasteiger partial charge in [0.2, 0.25) is 0 Å². The van der Waals surface area contributed by atoms with Gasteiger partial charge in [0, 0.05) is 22.0 Å². The van der Waals surface area contributed by atoms with Crippen LogP contribution in [0.1, 0.15) is 5.69 Å². The van der Waals surface area contributed by atoms with Crippen molar-refractivity contribution in [1.82, 2.24) is 9.97 Å². The first-order valence-corrected chi connectivity index (χ1v) is 6.47. The molecule has 0 aliphatic carbocycles. The Morgan fingerprint density at radius 1 is 1.12 bits per heavy atom. The first kappa shape index (κ1) is 10.7. The molecule has 4 heteroatoms. The van der Waals surface area contributed by atoms with Crippen LogP contribution in [0.15, 0.2) is 35.7 Å². The molecular weight excluding hydrogens is 252 g/mol. The molecule has 0 radical (unpaired) electrons. The Balaban J connectivity index is 2.16. The number of fused-ring (bicyclic) bond motifs is 1. The molecule has 0 amide bonds. The number of nitrogens with zero attached hydrogens (tertiary/aromatic N) is 2. The molecule has 17 heavy (non-hydrogen) atoms. The first-order chi connectivity index (χ1) is 8.22. The summed E-state index contributed by atoms with van der Waals surface area (Å²) in [5.41, 5.74) is 3.12. The predicted molar refractivity (Wildman–Crippen MR) is 72.6 cm³/mol. The number of hydrogen-bond acceptors (Lipinski definition) is 3. The topological polar surface area (TPSA) is 25.8 Å². The zero-order valence-electron chi connectivity index (χ0n) is 9.14. The van der Waals surface area contributed by atoms with Crippen LogP contribution in [0, 0.1) is 6.92 Å². The lowest BCUT2D eigenvalue weighted by Gasteiger charge is -2.01. The number of aryl methyl sites for hydroxylation is 1. The van der Waals surface area contributed by atoms with Crippen LogP contribution in [0.4, 0.5) is 0 Å². The molecule has 0 fully saturated rings. The van der Waals surface area contributed by atoms with Gasteiger partial charge in [-0.15, -0.1) is 11.3 Å².